The van der Waals surface area contributed by atoms with E-state index in [0.717, 1.165) is 17.8 Å². The summed E-state index contributed by atoms with van der Waals surface area (Å²) in [5, 5.41) is 5.07. The molecule has 208 valence electrons. The maximum atomic E-state index is 5.02. The fourth-order valence-corrected chi connectivity index (χ4v) is 8.05. The molecule has 2 nitrogen and oxygen atoms in total. The molecule has 0 atom stereocenters. The van der Waals surface area contributed by atoms with Crippen molar-refractivity contribution in [1.29, 1.82) is 0 Å². The summed E-state index contributed by atoms with van der Waals surface area (Å²) in [5.41, 5.74) is 11.0. The largest absolute Gasteiger partial charge is 0.294 e. The topological polar surface area (TPSA) is 17.8 Å². The molecular formula is C41H28N2S. The lowest BCUT2D eigenvalue weighted by molar-refractivity contribution is 0.888. The minimum absolute atomic E-state index is 0.881. The maximum Gasteiger partial charge on any atom is 0.114 e. The summed E-state index contributed by atoms with van der Waals surface area (Å²) in [7, 11) is 0. The molecule has 0 radical (unpaired) electrons. The van der Waals surface area contributed by atoms with Crippen LogP contribution in [-0.4, -0.2) is 9.55 Å². The predicted octanol–water partition coefficient (Wildman–Crippen LogP) is 11.4. The number of aryl methyl sites for hydroxylation is 1. The number of hydrogen-bond acceptors (Lipinski definition) is 2. The highest BCUT2D eigenvalue weighted by atomic mass is 32.2. The Balaban J connectivity index is 1.28. The van der Waals surface area contributed by atoms with Crippen LogP contribution in [0.15, 0.2) is 149 Å². The summed E-state index contributed by atoms with van der Waals surface area (Å²) in [4.78, 5) is 7.56. The summed E-state index contributed by atoms with van der Waals surface area (Å²) in [6, 6.07) is 50.9. The molecule has 2 heterocycles. The third kappa shape index (κ3) is 3.79. The first kappa shape index (κ1) is 25.4. The summed E-state index contributed by atoms with van der Waals surface area (Å²) in [6.07, 6.45) is 0.881. The number of aromatic nitrogens is 2. The molecule has 0 fully saturated rings. The minimum atomic E-state index is 0.881. The fourth-order valence-electron chi connectivity index (χ4n) is 6.99. The van der Waals surface area contributed by atoms with E-state index in [2.05, 4.69) is 151 Å². The average molecular weight is 581 g/mol. The monoisotopic (exact) mass is 580 g/mol. The number of benzene rings is 7. The van der Waals surface area contributed by atoms with Crippen molar-refractivity contribution in [2.45, 2.75) is 23.1 Å². The molecule has 1 aromatic heterocycles. The molecule has 0 N–H and O–H groups in total. The first-order chi connectivity index (χ1) is 21.8. The summed E-state index contributed by atoms with van der Waals surface area (Å²) < 4.78 is 2.40. The molecule has 0 aliphatic carbocycles. The lowest BCUT2D eigenvalue weighted by Gasteiger charge is -2.22. The van der Waals surface area contributed by atoms with Crippen LogP contribution in [0.25, 0.3) is 71.6 Å². The molecule has 3 heteroatoms. The van der Waals surface area contributed by atoms with Gasteiger partial charge in [0, 0.05) is 16.2 Å². The van der Waals surface area contributed by atoms with E-state index >= 15 is 0 Å². The highest BCUT2D eigenvalue weighted by Gasteiger charge is 2.24. The number of rotatable bonds is 4. The number of imidazole rings is 1. The van der Waals surface area contributed by atoms with Crippen LogP contribution in [0.4, 0.5) is 0 Å². The van der Waals surface area contributed by atoms with Gasteiger partial charge < -0.3 is 0 Å². The van der Waals surface area contributed by atoms with Gasteiger partial charge in [-0.25, -0.2) is 4.98 Å². The summed E-state index contributed by atoms with van der Waals surface area (Å²) in [6.45, 7) is 2.20. The normalized spacial score (nSPS) is 12.2. The zero-order valence-electron chi connectivity index (χ0n) is 24.3. The molecule has 9 rings (SSSR count). The highest BCUT2D eigenvalue weighted by Crippen LogP contribution is 2.48. The number of fused-ring (bicyclic) bond motifs is 4. The SMILES string of the molecule is CCc1nc2cccc3c2n1-c1cc(-c2c4ccccc4c(-c4ccc(-c5ccccc5)cc4)c4ccccc24)ccc1S3. The van der Waals surface area contributed by atoms with E-state index < -0.39 is 0 Å². The third-order valence-corrected chi connectivity index (χ3v) is 10.1. The van der Waals surface area contributed by atoms with Gasteiger partial charge in [-0.1, -0.05) is 134 Å². The van der Waals surface area contributed by atoms with E-state index in [4.69, 9.17) is 4.98 Å². The van der Waals surface area contributed by atoms with Gasteiger partial charge in [-0.2, -0.15) is 0 Å². The van der Waals surface area contributed by atoms with Crippen LogP contribution in [0.5, 0.6) is 0 Å². The van der Waals surface area contributed by atoms with Gasteiger partial charge in [0.15, 0.2) is 0 Å². The van der Waals surface area contributed by atoms with Gasteiger partial charge in [0.1, 0.15) is 5.82 Å². The fraction of sp³-hybridized carbons (Fsp3) is 0.0488. The molecule has 0 bridgehead atoms. The van der Waals surface area contributed by atoms with E-state index in [1.165, 1.54) is 75.9 Å². The second-order valence-corrected chi connectivity index (χ2v) is 12.5. The van der Waals surface area contributed by atoms with Gasteiger partial charge in [0.05, 0.1) is 16.7 Å². The second kappa shape index (κ2) is 9.97. The Hall–Kier alpha value is -5.12. The molecule has 1 aliphatic rings. The molecule has 0 amide bonds. The number of hydrogen-bond donors (Lipinski definition) is 0. The first-order valence-corrected chi connectivity index (χ1v) is 16.0. The Morgan fingerprint density at radius 3 is 1.75 bits per heavy atom. The van der Waals surface area contributed by atoms with Crippen LogP contribution in [0.1, 0.15) is 12.7 Å². The molecule has 0 unspecified atom stereocenters. The van der Waals surface area contributed by atoms with Crippen molar-refractivity contribution in [2.24, 2.45) is 0 Å². The lowest BCUT2D eigenvalue weighted by atomic mass is 9.85. The van der Waals surface area contributed by atoms with E-state index in [1.807, 2.05) is 11.8 Å². The van der Waals surface area contributed by atoms with Crippen LogP contribution < -0.4 is 0 Å². The summed E-state index contributed by atoms with van der Waals surface area (Å²) in [5.74, 6) is 1.11. The van der Waals surface area contributed by atoms with E-state index in [0.29, 0.717) is 0 Å². The maximum absolute atomic E-state index is 5.02. The summed E-state index contributed by atoms with van der Waals surface area (Å²) >= 11 is 1.85. The molecule has 1 aliphatic heterocycles. The van der Waals surface area contributed by atoms with Gasteiger partial charge in [-0.15, -0.1) is 0 Å². The quantitative estimate of drug-likeness (QED) is 0.193. The van der Waals surface area contributed by atoms with Crippen LogP contribution in [0, 0.1) is 0 Å². The van der Waals surface area contributed by atoms with Crippen molar-refractivity contribution in [3.8, 4) is 39.1 Å². The zero-order chi connectivity index (χ0) is 29.2. The predicted molar refractivity (Wildman–Crippen MR) is 186 cm³/mol. The van der Waals surface area contributed by atoms with Crippen molar-refractivity contribution >= 4 is 44.3 Å². The van der Waals surface area contributed by atoms with Gasteiger partial charge in [-0.3, -0.25) is 4.57 Å². The smallest absolute Gasteiger partial charge is 0.114 e. The molecule has 7 aromatic carbocycles. The van der Waals surface area contributed by atoms with Crippen LogP contribution >= 0.6 is 11.8 Å². The van der Waals surface area contributed by atoms with Gasteiger partial charge in [0.2, 0.25) is 0 Å². The Kier molecular flexibility index (Phi) is 5.75. The van der Waals surface area contributed by atoms with Crippen LogP contribution in [0.2, 0.25) is 0 Å². The van der Waals surface area contributed by atoms with Crippen molar-refractivity contribution in [2.75, 3.05) is 0 Å². The van der Waals surface area contributed by atoms with Gasteiger partial charge in [0.25, 0.3) is 0 Å². The van der Waals surface area contributed by atoms with Crippen molar-refractivity contribution < 1.29 is 0 Å². The highest BCUT2D eigenvalue weighted by molar-refractivity contribution is 7.99. The molecule has 44 heavy (non-hydrogen) atoms. The molecule has 0 spiro atoms. The zero-order valence-corrected chi connectivity index (χ0v) is 25.1. The lowest BCUT2D eigenvalue weighted by Crippen LogP contribution is -2.06. The Bertz CT molecular complexity index is 2330. The Labute approximate surface area is 260 Å². The van der Waals surface area contributed by atoms with E-state index in [-0.39, 0.29) is 0 Å². The van der Waals surface area contributed by atoms with Crippen LogP contribution in [0.3, 0.4) is 0 Å². The molecular weight excluding hydrogens is 553 g/mol. The van der Waals surface area contributed by atoms with E-state index in [1.54, 1.807) is 0 Å². The third-order valence-electron chi connectivity index (χ3n) is 8.95. The molecule has 8 aromatic rings. The minimum Gasteiger partial charge on any atom is -0.294 e. The van der Waals surface area contributed by atoms with Gasteiger partial charge in [-0.05, 0) is 79.2 Å². The first-order valence-electron chi connectivity index (χ1n) is 15.2. The number of nitrogens with zero attached hydrogens (tertiary/aromatic N) is 2. The van der Waals surface area contributed by atoms with E-state index in [9.17, 15) is 0 Å². The van der Waals surface area contributed by atoms with Gasteiger partial charge >= 0.3 is 0 Å². The average Bonchev–Trinajstić information content (AvgIpc) is 3.48. The molecule has 0 saturated carbocycles. The Morgan fingerprint density at radius 1 is 0.523 bits per heavy atom. The van der Waals surface area contributed by atoms with Crippen molar-refractivity contribution in [3.63, 3.8) is 0 Å². The second-order valence-electron chi connectivity index (χ2n) is 11.4. The van der Waals surface area contributed by atoms with Crippen LogP contribution in [-0.2, 0) is 6.42 Å². The Morgan fingerprint density at radius 2 is 1.09 bits per heavy atom. The molecule has 0 saturated heterocycles. The van der Waals surface area contributed by atoms with Crippen molar-refractivity contribution in [1.82, 2.24) is 9.55 Å². The van der Waals surface area contributed by atoms with Crippen molar-refractivity contribution in [3.05, 3.63) is 145 Å². The number of para-hydroxylation sites is 1. The standard InChI is InChI=1S/C41H28N2S/c1-2-38-42-34-17-10-18-37-41(34)43(38)35-25-29(23-24-36(35)44-37)40-32-15-8-6-13-30(32)39(31-14-7-9-16-33(31)40)28-21-19-27(20-22-28)26-11-4-3-5-12-26/h3-25H,2H2,1H3.